The minimum Gasteiger partial charge on any atom is -0.383 e. The molecule has 6 nitrogen and oxygen atoms in total. The fourth-order valence-electron chi connectivity index (χ4n) is 3.02. The molecule has 2 saturated heterocycles. The summed E-state index contributed by atoms with van der Waals surface area (Å²) < 4.78 is 4.99. The van der Waals surface area contributed by atoms with E-state index in [1.54, 1.807) is 12.0 Å². The van der Waals surface area contributed by atoms with Crippen molar-refractivity contribution in [2.24, 2.45) is 11.3 Å². The Morgan fingerprint density at radius 1 is 1.45 bits per heavy atom. The standard InChI is InChI=1S/C15H27N3O3.ClH/c1-15(3-5-16-6-4-15)11-17-14(20)12-9-13(19)18(10-12)7-8-21-2;/h12,16H,3-11H2,1-2H3,(H,17,20);1H. The van der Waals surface area contributed by atoms with Crippen molar-refractivity contribution < 1.29 is 14.3 Å². The van der Waals surface area contributed by atoms with Crippen LogP contribution in [0.5, 0.6) is 0 Å². The summed E-state index contributed by atoms with van der Waals surface area (Å²) in [5.41, 5.74) is 0.180. The van der Waals surface area contributed by atoms with Crippen LogP contribution in [0.3, 0.4) is 0 Å². The molecule has 2 aliphatic rings. The van der Waals surface area contributed by atoms with Gasteiger partial charge in [-0.2, -0.15) is 0 Å². The number of amides is 2. The van der Waals surface area contributed by atoms with Crippen LogP contribution in [-0.4, -0.2) is 63.2 Å². The summed E-state index contributed by atoms with van der Waals surface area (Å²) in [6.45, 7) is 6.56. The fourth-order valence-corrected chi connectivity index (χ4v) is 3.02. The molecule has 7 heteroatoms. The predicted octanol–water partition coefficient (Wildman–Crippen LogP) is 0.409. The van der Waals surface area contributed by atoms with Crippen LogP contribution in [0.1, 0.15) is 26.2 Å². The number of hydrogen-bond acceptors (Lipinski definition) is 4. The number of likely N-dealkylation sites (tertiary alicyclic amines) is 1. The zero-order valence-electron chi connectivity index (χ0n) is 13.5. The number of halogens is 1. The molecule has 0 saturated carbocycles. The number of hydrogen-bond donors (Lipinski definition) is 2. The van der Waals surface area contributed by atoms with E-state index in [0.29, 0.717) is 32.7 Å². The van der Waals surface area contributed by atoms with Gasteiger partial charge >= 0.3 is 0 Å². The minimum absolute atomic E-state index is 0. The van der Waals surface area contributed by atoms with Crippen molar-refractivity contribution in [2.75, 3.05) is 46.4 Å². The van der Waals surface area contributed by atoms with Crippen molar-refractivity contribution in [3.8, 4) is 0 Å². The van der Waals surface area contributed by atoms with E-state index in [-0.39, 0.29) is 35.6 Å². The van der Waals surface area contributed by atoms with Gasteiger partial charge in [-0.1, -0.05) is 6.92 Å². The summed E-state index contributed by atoms with van der Waals surface area (Å²) in [5.74, 6) is -0.136. The van der Waals surface area contributed by atoms with Gasteiger partial charge in [-0.3, -0.25) is 9.59 Å². The Hall–Kier alpha value is -0.850. The number of nitrogens with zero attached hydrogens (tertiary/aromatic N) is 1. The second kappa shape index (κ2) is 8.70. The van der Waals surface area contributed by atoms with Gasteiger partial charge in [-0.05, 0) is 31.3 Å². The first-order valence-electron chi connectivity index (χ1n) is 7.79. The van der Waals surface area contributed by atoms with E-state index < -0.39 is 0 Å². The zero-order chi connectivity index (χ0) is 15.3. The van der Waals surface area contributed by atoms with E-state index in [1.807, 2.05) is 0 Å². The van der Waals surface area contributed by atoms with Gasteiger partial charge < -0.3 is 20.3 Å². The highest BCUT2D eigenvalue weighted by atomic mass is 35.5. The van der Waals surface area contributed by atoms with E-state index in [1.165, 1.54) is 0 Å². The Balaban J connectivity index is 0.00000242. The first-order chi connectivity index (χ1) is 10.0. The number of ether oxygens (including phenoxy) is 1. The molecule has 2 aliphatic heterocycles. The second-order valence-corrected chi connectivity index (χ2v) is 6.51. The summed E-state index contributed by atoms with van der Waals surface area (Å²) in [6.07, 6.45) is 2.49. The minimum atomic E-state index is -0.209. The Kier molecular flexibility index (Phi) is 7.59. The second-order valence-electron chi connectivity index (χ2n) is 6.51. The monoisotopic (exact) mass is 333 g/mol. The van der Waals surface area contributed by atoms with E-state index in [0.717, 1.165) is 25.9 Å². The number of piperidine rings is 1. The molecule has 2 amide bonds. The van der Waals surface area contributed by atoms with E-state index in [4.69, 9.17) is 4.74 Å². The average molecular weight is 334 g/mol. The van der Waals surface area contributed by atoms with Gasteiger partial charge in [0.1, 0.15) is 0 Å². The van der Waals surface area contributed by atoms with Gasteiger partial charge in [0.05, 0.1) is 12.5 Å². The third-order valence-corrected chi connectivity index (χ3v) is 4.65. The molecule has 2 heterocycles. The molecule has 0 bridgehead atoms. The van der Waals surface area contributed by atoms with Crippen molar-refractivity contribution in [2.45, 2.75) is 26.2 Å². The number of rotatable bonds is 6. The molecule has 2 N–H and O–H groups in total. The van der Waals surface area contributed by atoms with Crippen LogP contribution in [0.25, 0.3) is 0 Å². The van der Waals surface area contributed by atoms with Gasteiger partial charge in [0.15, 0.2) is 0 Å². The molecule has 1 unspecified atom stereocenters. The quantitative estimate of drug-likeness (QED) is 0.738. The normalized spacial score (nSPS) is 24.0. The molecule has 1 atom stereocenters. The SMILES string of the molecule is COCCN1CC(C(=O)NCC2(C)CCNCC2)CC1=O.Cl. The first kappa shape index (κ1) is 19.2. The van der Waals surface area contributed by atoms with Crippen LogP contribution in [0.2, 0.25) is 0 Å². The highest BCUT2D eigenvalue weighted by Gasteiger charge is 2.35. The summed E-state index contributed by atoms with van der Waals surface area (Å²) in [4.78, 5) is 25.8. The van der Waals surface area contributed by atoms with E-state index in [9.17, 15) is 9.59 Å². The number of methoxy groups -OCH3 is 1. The number of carbonyl (C=O) groups is 2. The van der Waals surface area contributed by atoms with Crippen molar-refractivity contribution in [1.29, 1.82) is 0 Å². The summed E-state index contributed by atoms with van der Waals surface area (Å²) in [6, 6.07) is 0. The first-order valence-corrected chi connectivity index (χ1v) is 7.79. The van der Waals surface area contributed by atoms with Gasteiger partial charge in [0.2, 0.25) is 11.8 Å². The van der Waals surface area contributed by atoms with Crippen LogP contribution < -0.4 is 10.6 Å². The van der Waals surface area contributed by atoms with Crippen LogP contribution in [0.4, 0.5) is 0 Å². The van der Waals surface area contributed by atoms with Crippen LogP contribution in [-0.2, 0) is 14.3 Å². The molecule has 0 aromatic heterocycles. The smallest absolute Gasteiger partial charge is 0.225 e. The Labute approximate surface area is 138 Å². The molecule has 0 aromatic rings. The van der Waals surface area contributed by atoms with Gasteiger partial charge in [0.25, 0.3) is 0 Å². The lowest BCUT2D eigenvalue weighted by Gasteiger charge is -2.34. The lowest BCUT2D eigenvalue weighted by molar-refractivity contribution is -0.129. The molecular weight excluding hydrogens is 306 g/mol. The van der Waals surface area contributed by atoms with Crippen molar-refractivity contribution in [3.63, 3.8) is 0 Å². The van der Waals surface area contributed by atoms with E-state index in [2.05, 4.69) is 17.6 Å². The molecule has 0 aromatic carbocycles. The molecule has 2 fully saturated rings. The Morgan fingerprint density at radius 3 is 2.77 bits per heavy atom. The molecular formula is C15H28ClN3O3. The van der Waals surface area contributed by atoms with E-state index >= 15 is 0 Å². The van der Waals surface area contributed by atoms with Gasteiger partial charge in [-0.15, -0.1) is 12.4 Å². The third kappa shape index (κ3) is 5.11. The van der Waals surface area contributed by atoms with Crippen molar-refractivity contribution >= 4 is 24.2 Å². The summed E-state index contributed by atoms with van der Waals surface area (Å²) in [5, 5.41) is 6.39. The average Bonchev–Trinajstić information content (AvgIpc) is 2.85. The molecule has 128 valence electrons. The van der Waals surface area contributed by atoms with Crippen LogP contribution >= 0.6 is 12.4 Å². The molecule has 2 rings (SSSR count). The number of carbonyl (C=O) groups excluding carboxylic acids is 2. The zero-order valence-corrected chi connectivity index (χ0v) is 14.3. The molecule has 0 spiro atoms. The lowest BCUT2D eigenvalue weighted by atomic mass is 9.81. The van der Waals surface area contributed by atoms with Crippen LogP contribution in [0, 0.1) is 11.3 Å². The topological polar surface area (TPSA) is 70.7 Å². The van der Waals surface area contributed by atoms with Crippen molar-refractivity contribution in [3.05, 3.63) is 0 Å². The van der Waals surface area contributed by atoms with Gasteiger partial charge in [-0.25, -0.2) is 0 Å². The highest BCUT2D eigenvalue weighted by Crippen LogP contribution is 2.27. The largest absolute Gasteiger partial charge is 0.383 e. The highest BCUT2D eigenvalue weighted by molar-refractivity contribution is 5.89. The molecule has 22 heavy (non-hydrogen) atoms. The summed E-state index contributed by atoms with van der Waals surface area (Å²) >= 11 is 0. The van der Waals surface area contributed by atoms with Crippen LogP contribution in [0.15, 0.2) is 0 Å². The molecule has 0 radical (unpaired) electrons. The maximum Gasteiger partial charge on any atom is 0.225 e. The maximum atomic E-state index is 12.3. The number of nitrogens with one attached hydrogen (secondary N) is 2. The lowest BCUT2D eigenvalue weighted by Crippen LogP contribution is -2.44. The predicted molar refractivity (Wildman–Crippen MR) is 87.0 cm³/mol. The third-order valence-electron chi connectivity index (χ3n) is 4.65. The molecule has 0 aliphatic carbocycles. The van der Waals surface area contributed by atoms with Gasteiger partial charge in [0, 0.05) is 33.2 Å². The Morgan fingerprint density at radius 2 is 2.14 bits per heavy atom. The van der Waals surface area contributed by atoms with Crippen molar-refractivity contribution in [1.82, 2.24) is 15.5 Å². The Bertz CT molecular complexity index is 386. The fraction of sp³-hybridized carbons (Fsp3) is 0.867. The summed E-state index contributed by atoms with van der Waals surface area (Å²) in [7, 11) is 1.62. The maximum absolute atomic E-state index is 12.3.